The average molecular weight is 745 g/mol. The minimum absolute atomic E-state index is 0.176. The maximum absolute atomic E-state index is 14.0. The summed E-state index contributed by atoms with van der Waals surface area (Å²) >= 11 is 0. The van der Waals surface area contributed by atoms with Crippen molar-refractivity contribution in [1.29, 1.82) is 0 Å². The molecule has 0 heterocycles. The van der Waals surface area contributed by atoms with Gasteiger partial charge >= 0.3 is 11.9 Å². The normalized spacial score (nSPS) is 12.8. The maximum atomic E-state index is 14.0. The second kappa shape index (κ2) is 23.6. The first-order valence-electron chi connectivity index (χ1n) is 21.6. The molecule has 6 nitrogen and oxygen atoms in total. The van der Waals surface area contributed by atoms with E-state index in [1.165, 1.54) is 103 Å². The SMILES string of the molecule is CCCCCCCCCCCCOC(=O)CC(C)(C)c1ccc2c(c1)C(=O)c1cc(C(C)(C)CC(=O)OCCCCCCCCCCCC)ccc1C2=O. The van der Waals surface area contributed by atoms with Gasteiger partial charge in [-0.2, -0.15) is 0 Å². The van der Waals surface area contributed by atoms with Crippen molar-refractivity contribution in [1.82, 2.24) is 0 Å². The number of fused-ring (bicyclic) bond motifs is 2. The van der Waals surface area contributed by atoms with Crippen LogP contribution in [0.15, 0.2) is 36.4 Å². The Morgan fingerprint density at radius 1 is 0.444 bits per heavy atom. The summed E-state index contributed by atoms with van der Waals surface area (Å²) in [6.45, 7) is 13.2. The van der Waals surface area contributed by atoms with Crippen LogP contribution in [0.2, 0.25) is 0 Å². The molecule has 0 bridgehead atoms. The van der Waals surface area contributed by atoms with Crippen LogP contribution in [-0.2, 0) is 29.9 Å². The van der Waals surface area contributed by atoms with Crippen LogP contribution in [0.3, 0.4) is 0 Å². The summed E-state index contributed by atoms with van der Waals surface area (Å²) in [6.07, 6.45) is 24.8. The van der Waals surface area contributed by atoms with Crippen LogP contribution in [0, 0.1) is 0 Å². The molecule has 300 valence electrons. The molecular formula is C48H72O6. The number of ether oxygens (including phenoxy) is 2. The van der Waals surface area contributed by atoms with Gasteiger partial charge in [0.25, 0.3) is 0 Å². The standard InChI is InChI=1S/C48H72O6/c1-7-9-11-13-15-17-19-21-23-25-31-53-43(49)35-47(3,4)37-27-29-39-41(33-37)46(52)42-34-38(28-30-40(42)45(39)51)48(5,6)36-44(50)54-32-26-24-22-20-18-16-14-12-10-8-2/h27-30,33-34H,7-26,31-32,35-36H2,1-6H3. The number of benzene rings is 2. The van der Waals surface area contributed by atoms with E-state index in [0.29, 0.717) is 35.5 Å². The molecule has 2 aromatic rings. The molecule has 0 N–H and O–H groups in total. The molecule has 1 aliphatic rings. The molecule has 54 heavy (non-hydrogen) atoms. The highest BCUT2D eigenvalue weighted by Gasteiger charge is 2.34. The van der Waals surface area contributed by atoms with E-state index in [4.69, 9.17) is 9.47 Å². The number of rotatable bonds is 28. The first-order chi connectivity index (χ1) is 25.9. The van der Waals surface area contributed by atoms with Gasteiger partial charge in [-0.15, -0.1) is 0 Å². The van der Waals surface area contributed by atoms with Crippen molar-refractivity contribution in [2.75, 3.05) is 13.2 Å². The lowest BCUT2D eigenvalue weighted by molar-refractivity contribution is -0.146. The van der Waals surface area contributed by atoms with Gasteiger partial charge in [-0.25, -0.2) is 0 Å². The van der Waals surface area contributed by atoms with Crippen molar-refractivity contribution in [2.45, 2.75) is 194 Å². The minimum atomic E-state index is -0.592. The molecule has 0 fully saturated rings. The third kappa shape index (κ3) is 14.8. The molecule has 0 unspecified atom stereocenters. The lowest BCUT2D eigenvalue weighted by Gasteiger charge is -2.28. The highest BCUT2D eigenvalue weighted by Crippen LogP contribution is 2.36. The van der Waals surface area contributed by atoms with E-state index in [1.54, 1.807) is 24.3 Å². The van der Waals surface area contributed by atoms with E-state index in [0.717, 1.165) is 36.8 Å². The van der Waals surface area contributed by atoms with E-state index in [-0.39, 0.29) is 36.3 Å². The molecule has 0 aromatic heterocycles. The Bertz CT molecular complexity index is 1380. The smallest absolute Gasteiger partial charge is 0.306 e. The van der Waals surface area contributed by atoms with Crippen molar-refractivity contribution >= 4 is 23.5 Å². The van der Waals surface area contributed by atoms with E-state index in [2.05, 4.69) is 13.8 Å². The van der Waals surface area contributed by atoms with Gasteiger partial charge in [-0.3, -0.25) is 19.2 Å². The first-order valence-corrected chi connectivity index (χ1v) is 21.6. The zero-order valence-electron chi connectivity index (χ0n) is 34.9. The number of esters is 2. The Morgan fingerprint density at radius 3 is 1.07 bits per heavy atom. The van der Waals surface area contributed by atoms with Crippen LogP contribution in [-0.4, -0.2) is 36.7 Å². The summed E-state index contributed by atoms with van der Waals surface area (Å²) in [5.74, 6) is -0.923. The Labute approximate surface area is 327 Å². The van der Waals surface area contributed by atoms with Gasteiger partial charge in [-0.1, -0.05) is 169 Å². The fourth-order valence-corrected chi connectivity index (χ4v) is 7.57. The molecular weight excluding hydrogens is 673 g/mol. The summed E-state index contributed by atoms with van der Waals surface area (Å²) in [4.78, 5) is 53.3. The highest BCUT2D eigenvalue weighted by atomic mass is 16.5. The number of ketones is 2. The number of unbranched alkanes of at least 4 members (excludes halogenated alkanes) is 18. The van der Waals surface area contributed by atoms with Gasteiger partial charge in [0.15, 0.2) is 11.6 Å². The molecule has 0 atom stereocenters. The molecule has 0 saturated carbocycles. The first kappa shape index (κ1) is 45.1. The Kier molecular flexibility index (Phi) is 19.7. The molecule has 1 aliphatic carbocycles. The highest BCUT2D eigenvalue weighted by molar-refractivity contribution is 6.28. The number of hydrogen-bond acceptors (Lipinski definition) is 6. The predicted octanol–water partition coefficient (Wildman–Crippen LogP) is 12.7. The van der Waals surface area contributed by atoms with E-state index >= 15 is 0 Å². The summed E-state index contributed by atoms with van der Waals surface area (Å²) in [5, 5.41) is 0. The summed E-state index contributed by atoms with van der Waals surface area (Å²) in [7, 11) is 0. The average Bonchev–Trinajstić information content (AvgIpc) is 3.14. The fourth-order valence-electron chi connectivity index (χ4n) is 7.57. The molecule has 0 radical (unpaired) electrons. The topological polar surface area (TPSA) is 86.7 Å². The van der Waals surface area contributed by atoms with Crippen molar-refractivity contribution in [2.24, 2.45) is 0 Å². The molecule has 6 heteroatoms. The van der Waals surface area contributed by atoms with Crippen molar-refractivity contribution < 1.29 is 28.7 Å². The monoisotopic (exact) mass is 745 g/mol. The van der Waals surface area contributed by atoms with Crippen LogP contribution >= 0.6 is 0 Å². The van der Waals surface area contributed by atoms with E-state index < -0.39 is 10.8 Å². The van der Waals surface area contributed by atoms with Crippen LogP contribution < -0.4 is 0 Å². The van der Waals surface area contributed by atoms with Gasteiger partial charge in [0.2, 0.25) is 0 Å². The van der Waals surface area contributed by atoms with Crippen molar-refractivity contribution in [3.8, 4) is 0 Å². The largest absolute Gasteiger partial charge is 0.466 e. The summed E-state index contributed by atoms with van der Waals surface area (Å²) in [5.41, 5.74) is 1.88. The summed E-state index contributed by atoms with van der Waals surface area (Å²) in [6, 6.07) is 10.7. The quantitative estimate of drug-likeness (QED) is 0.0543. The molecule has 0 aliphatic heterocycles. The Balaban J connectivity index is 1.49. The number of carbonyl (C=O) groups excluding carboxylic acids is 4. The van der Waals surface area contributed by atoms with Gasteiger partial charge < -0.3 is 9.47 Å². The molecule has 2 aromatic carbocycles. The van der Waals surface area contributed by atoms with Crippen LogP contribution in [0.5, 0.6) is 0 Å². The summed E-state index contributed by atoms with van der Waals surface area (Å²) < 4.78 is 11.2. The predicted molar refractivity (Wildman–Crippen MR) is 221 cm³/mol. The number of carbonyl (C=O) groups is 4. The zero-order chi connectivity index (χ0) is 39.4. The third-order valence-corrected chi connectivity index (χ3v) is 11.3. The lowest BCUT2D eigenvalue weighted by atomic mass is 9.75. The minimum Gasteiger partial charge on any atom is -0.466 e. The second-order valence-electron chi connectivity index (χ2n) is 17.1. The van der Waals surface area contributed by atoms with Crippen LogP contribution in [0.25, 0.3) is 0 Å². The fraction of sp³-hybridized carbons (Fsp3) is 0.667. The van der Waals surface area contributed by atoms with Gasteiger partial charge in [-0.05, 0) is 48.2 Å². The zero-order valence-corrected chi connectivity index (χ0v) is 34.9. The second-order valence-corrected chi connectivity index (χ2v) is 17.1. The molecule has 0 amide bonds. The van der Waals surface area contributed by atoms with Gasteiger partial charge in [0.05, 0.1) is 26.1 Å². The van der Waals surface area contributed by atoms with E-state index in [9.17, 15) is 19.2 Å². The third-order valence-electron chi connectivity index (χ3n) is 11.3. The van der Waals surface area contributed by atoms with E-state index in [1.807, 2.05) is 39.8 Å². The molecule has 0 saturated heterocycles. The lowest BCUT2D eigenvalue weighted by Crippen LogP contribution is -2.27. The molecule has 0 spiro atoms. The van der Waals surface area contributed by atoms with Gasteiger partial charge in [0.1, 0.15) is 0 Å². The van der Waals surface area contributed by atoms with Crippen molar-refractivity contribution in [3.63, 3.8) is 0 Å². The number of hydrogen-bond donors (Lipinski definition) is 0. The van der Waals surface area contributed by atoms with Gasteiger partial charge in [0, 0.05) is 33.1 Å². The Hall–Kier alpha value is -3.28. The van der Waals surface area contributed by atoms with Crippen LogP contribution in [0.1, 0.15) is 226 Å². The van der Waals surface area contributed by atoms with Crippen LogP contribution in [0.4, 0.5) is 0 Å². The van der Waals surface area contributed by atoms with Crippen molar-refractivity contribution in [3.05, 3.63) is 69.8 Å². The maximum Gasteiger partial charge on any atom is 0.306 e. The Morgan fingerprint density at radius 2 is 0.741 bits per heavy atom. The molecule has 3 rings (SSSR count).